The van der Waals surface area contributed by atoms with E-state index in [1.807, 2.05) is 13.0 Å². The zero-order chi connectivity index (χ0) is 10.4. The fraction of sp³-hybridized carbons (Fsp3) is 0.385. The summed E-state index contributed by atoms with van der Waals surface area (Å²) < 4.78 is 0. The molecule has 0 saturated carbocycles. The fourth-order valence-corrected chi connectivity index (χ4v) is 1.33. The predicted molar refractivity (Wildman–Crippen MR) is 60.8 cm³/mol. The first kappa shape index (κ1) is 10.8. The standard InChI is InChI=1S/C13H17N/c1-4-8-12(2)14(3)11-13-9-6-5-7-10-13/h5-7,9-10,12H,11H2,1-3H3. The van der Waals surface area contributed by atoms with Crippen molar-refractivity contribution in [3.8, 4) is 11.8 Å². The van der Waals surface area contributed by atoms with E-state index in [1.165, 1.54) is 5.56 Å². The van der Waals surface area contributed by atoms with Crippen molar-refractivity contribution in [1.29, 1.82) is 0 Å². The van der Waals surface area contributed by atoms with Gasteiger partial charge in [-0.05, 0) is 26.5 Å². The molecule has 0 radical (unpaired) electrons. The smallest absolute Gasteiger partial charge is 0.0686 e. The summed E-state index contributed by atoms with van der Waals surface area (Å²) in [4.78, 5) is 2.24. The maximum absolute atomic E-state index is 3.14. The third-order valence-electron chi connectivity index (χ3n) is 2.29. The summed E-state index contributed by atoms with van der Waals surface area (Å²) >= 11 is 0. The molecular weight excluding hydrogens is 170 g/mol. The molecule has 74 valence electrons. The Morgan fingerprint density at radius 1 is 1.29 bits per heavy atom. The van der Waals surface area contributed by atoms with Crippen LogP contribution in [-0.2, 0) is 6.54 Å². The highest BCUT2D eigenvalue weighted by atomic mass is 15.1. The normalized spacial score (nSPS) is 12.0. The highest BCUT2D eigenvalue weighted by molar-refractivity contribution is 5.15. The van der Waals surface area contributed by atoms with Gasteiger partial charge in [-0.1, -0.05) is 36.3 Å². The highest BCUT2D eigenvalue weighted by Gasteiger charge is 2.05. The first-order valence-electron chi connectivity index (χ1n) is 4.90. The molecule has 14 heavy (non-hydrogen) atoms. The zero-order valence-corrected chi connectivity index (χ0v) is 9.12. The molecule has 0 aliphatic rings. The number of benzene rings is 1. The lowest BCUT2D eigenvalue weighted by Crippen LogP contribution is -2.27. The molecule has 0 aliphatic heterocycles. The van der Waals surface area contributed by atoms with Crippen molar-refractivity contribution in [1.82, 2.24) is 4.90 Å². The summed E-state index contributed by atoms with van der Waals surface area (Å²) in [6.07, 6.45) is 0. The van der Waals surface area contributed by atoms with Crippen LogP contribution in [0.4, 0.5) is 0 Å². The van der Waals surface area contributed by atoms with E-state index in [9.17, 15) is 0 Å². The van der Waals surface area contributed by atoms with Gasteiger partial charge in [-0.15, -0.1) is 5.92 Å². The molecule has 0 heterocycles. The maximum Gasteiger partial charge on any atom is 0.0686 e. The third-order valence-corrected chi connectivity index (χ3v) is 2.29. The first-order valence-corrected chi connectivity index (χ1v) is 4.90. The van der Waals surface area contributed by atoms with Gasteiger partial charge < -0.3 is 0 Å². The summed E-state index contributed by atoms with van der Waals surface area (Å²) in [6.45, 7) is 4.96. The Kier molecular flexibility index (Phi) is 4.22. The topological polar surface area (TPSA) is 3.24 Å². The molecule has 1 unspecified atom stereocenters. The summed E-state index contributed by atoms with van der Waals surface area (Å²) in [5.41, 5.74) is 1.33. The average molecular weight is 187 g/mol. The molecule has 0 bridgehead atoms. The Morgan fingerprint density at radius 3 is 2.50 bits per heavy atom. The lowest BCUT2D eigenvalue weighted by molar-refractivity contribution is 0.296. The van der Waals surface area contributed by atoms with Crippen molar-refractivity contribution in [3.63, 3.8) is 0 Å². The van der Waals surface area contributed by atoms with Crippen LogP contribution in [0.3, 0.4) is 0 Å². The SMILES string of the molecule is CC#CC(C)N(C)Cc1ccccc1. The van der Waals surface area contributed by atoms with E-state index in [0.29, 0.717) is 6.04 Å². The summed E-state index contributed by atoms with van der Waals surface area (Å²) in [5.74, 6) is 6.08. The highest BCUT2D eigenvalue weighted by Crippen LogP contribution is 2.04. The van der Waals surface area contributed by atoms with Crippen LogP contribution in [0.15, 0.2) is 30.3 Å². The molecule has 0 N–H and O–H groups in total. The second kappa shape index (κ2) is 5.47. The van der Waals surface area contributed by atoms with Gasteiger partial charge in [0.2, 0.25) is 0 Å². The van der Waals surface area contributed by atoms with Gasteiger partial charge in [0.1, 0.15) is 0 Å². The second-order valence-corrected chi connectivity index (χ2v) is 3.47. The third kappa shape index (κ3) is 3.24. The van der Waals surface area contributed by atoms with Gasteiger partial charge in [-0.25, -0.2) is 0 Å². The van der Waals surface area contributed by atoms with Crippen LogP contribution in [0.5, 0.6) is 0 Å². The molecule has 1 rings (SSSR count). The van der Waals surface area contributed by atoms with Gasteiger partial charge in [0.15, 0.2) is 0 Å². The van der Waals surface area contributed by atoms with Gasteiger partial charge in [-0.2, -0.15) is 0 Å². The summed E-state index contributed by atoms with van der Waals surface area (Å²) in [5, 5.41) is 0. The van der Waals surface area contributed by atoms with Crippen LogP contribution in [-0.4, -0.2) is 18.0 Å². The molecule has 1 nitrogen and oxygen atoms in total. The maximum atomic E-state index is 3.14. The molecule has 0 aliphatic carbocycles. The van der Waals surface area contributed by atoms with E-state index < -0.39 is 0 Å². The quantitative estimate of drug-likeness (QED) is 0.657. The Morgan fingerprint density at radius 2 is 1.93 bits per heavy atom. The van der Waals surface area contributed by atoms with Crippen molar-refractivity contribution in [2.24, 2.45) is 0 Å². The van der Waals surface area contributed by atoms with Crippen LogP contribution in [0.25, 0.3) is 0 Å². The minimum absolute atomic E-state index is 0.320. The van der Waals surface area contributed by atoms with Crippen molar-refractivity contribution in [2.75, 3.05) is 7.05 Å². The lowest BCUT2D eigenvalue weighted by atomic mass is 10.2. The van der Waals surface area contributed by atoms with Gasteiger partial charge in [-0.3, -0.25) is 4.90 Å². The Balaban J connectivity index is 2.55. The Hall–Kier alpha value is -1.26. The summed E-state index contributed by atoms with van der Waals surface area (Å²) in [7, 11) is 2.10. The largest absolute Gasteiger partial charge is 0.289 e. The van der Waals surface area contributed by atoms with Crippen LogP contribution in [0, 0.1) is 11.8 Å². The van der Waals surface area contributed by atoms with Gasteiger partial charge in [0.25, 0.3) is 0 Å². The van der Waals surface area contributed by atoms with E-state index in [2.05, 4.69) is 55.0 Å². The Labute approximate surface area is 86.7 Å². The Bertz CT molecular complexity index is 318. The second-order valence-electron chi connectivity index (χ2n) is 3.47. The molecule has 0 amide bonds. The minimum Gasteiger partial charge on any atom is -0.289 e. The van der Waals surface area contributed by atoms with Crippen LogP contribution >= 0.6 is 0 Å². The first-order chi connectivity index (χ1) is 6.74. The predicted octanol–water partition coefficient (Wildman–Crippen LogP) is 2.53. The van der Waals surface area contributed by atoms with Crippen molar-refractivity contribution in [2.45, 2.75) is 26.4 Å². The zero-order valence-electron chi connectivity index (χ0n) is 9.12. The molecular formula is C13H17N. The monoisotopic (exact) mass is 187 g/mol. The molecule has 1 aromatic rings. The van der Waals surface area contributed by atoms with E-state index in [4.69, 9.17) is 0 Å². The summed E-state index contributed by atoms with van der Waals surface area (Å²) in [6, 6.07) is 10.8. The number of hydrogen-bond acceptors (Lipinski definition) is 1. The fourth-order valence-electron chi connectivity index (χ4n) is 1.33. The van der Waals surface area contributed by atoms with Crippen LogP contribution < -0.4 is 0 Å². The van der Waals surface area contributed by atoms with E-state index in [0.717, 1.165) is 6.54 Å². The lowest BCUT2D eigenvalue weighted by Gasteiger charge is -2.20. The van der Waals surface area contributed by atoms with Gasteiger partial charge >= 0.3 is 0 Å². The van der Waals surface area contributed by atoms with Crippen molar-refractivity contribution < 1.29 is 0 Å². The van der Waals surface area contributed by atoms with E-state index in [1.54, 1.807) is 0 Å². The number of nitrogens with zero attached hydrogens (tertiary/aromatic N) is 1. The molecule has 0 spiro atoms. The molecule has 1 heteroatoms. The molecule has 0 fully saturated rings. The average Bonchev–Trinajstić information content (AvgIpc) is 2.19. The van der Waals surface area contributed by atoms with Crippen molar-refractivity contribution >= 4 is 0 Å². The molecule has 0 aromatic heterocycles. The van der Waals surface area contributed by atoms with Crippen LogP contribution in [0.2, 0.25) is 0 Å². The molecule has 0 saturated heterocycles. The minimum atomic E-state index is 0.320. The van der Waals surface area contributed by atoms with Gasteiger partial charge in [0.05, 0.1) is 6.04 Å². The number of rotatable bonds is 3. The molecule has 1 atom stereocenters. The van der Waals surface area contributed by atoms with E-state index >= 15 is 0 Å². The molecule has 1 aromatic carbocycles. The number of hydrogen-bond donors (Lipinski definition) is 0. The van der Waals surface area contributed by atoms with Crippen molar-refractivity contribution in [3.05, 3.63) is 35.9 Å². The van der Waals surface area contributed by atoms with Gasteiger partial charge in [0, 0.05) is 6.54 Å². The van der Waals surface area contributed by atoms with Crippen LogP contribution in [0.1, 0.15) is 19.4 Å². The van der Waals surface area contributed by atoms with E-state index in [-0.39, 0.29) is 0 Å².